The van der Waals surface area contributed by atoms with Crippen molar-refractivity contribution in [2.75, 3.05) is 5.73 Å². The van der Waals surface area contributed by atoms with Crippen LogP contribution in [0.4, 0.5) is 5.69 Å². The molecule has 0 fully saturated rings. The molecule has 1 aromatic heterocycles. The van der Waals surface area contributed by atoms with E-state index < -0.39 is 11.5 Å². The van der Waals surface area contributed by atoms with Gasteiger partial charge >= 0.3 is 12.0 Å². The molecule has 1 heterocycles. The standard InChI is InChI=1S/C11H17N3O3/c1-6(11(2,3)4)9(16)17-10-13-5-7(12)8(15)14-10/h5-6H,12H2,1-4H3,(H,13,14,15). The Morgan fingerprint density at radius 3 is 2.59 bits per heavy atom. The third kappa shape index (κ3) is 3.30. The van der Waals surface area contributed by atoms with Gasteiger partial charge in [0.25, 0.3) is 5.56 Å². The Balaban J connectivity index is 2.82. The summed E-state index contributed by atoms with van der Waals surface area (Å²) in [6, 6.07) is -0.134. The number of nitrogens with one attached hydrogen (secondary N) is 1. The minimum Gasteiger partial charge on any atom is -0.393 e. The summed E-state index contributed by atoms with van der Waals surface area (Å²) in [5.74, 6) is -0.754. The van der Waals surface area contributed by atoms with Gasteiger partial charge < -0.3 is 10.5 Å². The van der Waals surface area contributed by atoms with Crippen LogP contribution in [0.2, 0.25) is 0 Å². The molecule has 0 spiro atoms. The zero-order valence-electron chi connectivity index (χ0n) is 10.4. The molecule has 0 saturated carbocycles. The molecule has 94 valence electrons. The van der Waals surface area contributed by atoms with Gasteiger partial charge in [-0.05, 0) is 5.41 Å². The molecular formula is C11H17N3O3. The molecule has 0 aliphatic heterocycles. The third-order valence-electron chi connectivity index (χ3n) is 2.65. The number of carbonyl (C=O) groups is 1. The summed E-state index contributed by atoms with van der Waals surface area (Å²) in [6.07, 6.45) is 1.16. The first-order valence-electron chi connectivity index (χ1n) is 5.28. The van der Waals surface area contributed by atoms with E-state index in [2.05, 4.69) is 9.97 Å². The molecule has 0 amide bonds. The summed E-state index contributed by atoms with van der Waals surface area (Å²) >= 11 is 0. The van der Waals surface area contributed by atoms with Crippen LogP contribution >= 0.6 is 0 Å². The molecule has 0 radical (unpaired) electrons. The molecule has 1 aromatic rings. The lowest BCUT2D eigenvalue weighted by atomic mass is 9.82. The Hall–Kier alpha value is -1.85. The van der Waals surface area contributed by atoms with Crippen LogP contribution in [-0.2, 0) is 4.79 Å². The monoisotopic (exact) mass is 239 g/mol. The largest absolute Gasteiger partial charge is 0.393 e. The minimum absolute atomic E-state index is 0.0198. The molecule has 6 heteroatoms. The van der Waals surface area contributed by atoms with Gasteiger partial charge in [-0.2, -0.15) is 0 Å². The number of H-pyrrole nitrogens is 1. The Kier molecular flexibility index (Phi) is 3.55. The summed E-state index contributed by atoms with van der Waals surface area (Å²) in [5.41, 5.74) is 4.54. The summed E-state index contributed by atoms with van der Waals surface area (Å²) in [7, 11) is 0. The molecule has 0 bridgehead atoms. The van der Waals surface area contributed by atoms with Crippen molar-refractivity contribution in [3.8, 4) is 6.01 Å². The average molecular weight is 239 g/mol. The summed E-state index contributed by atoms with van der Waals surface area (Å²) < 4.78 is 4.98. The second kappa shape index (κ2) is 4.57. The van der Waals surface area contributed by atoms with Crippen LogP contribution in [-0.4, -0.2) is 15.9 Å². The topological polar surface area (TPSA) is 98.1 Å². The van der Waals surface area contributed by atoms with Crippen LogP contribution in [0.15, 0.2) is 11.0 Å². The number of esters is 1. The predicted octanol–water partition coefficient (Wildman–Crippen LogP) is 0.940. The quantitative estimate of drug-likeness (QED) is 0.748. The highest BCUT2D eigenvalue weighted by Crippen LogP contribution is 2.26. The Labute approximate surface area is 99.2 Å². The third-order valence-corrected chi connectivity index (χ3v) is 2.65. The lowest BCUT2D eigenvalue weighted by Gasteiger charge is -2.24. The summed E-state index contributed by atoms with van der Waals surface area (Å²) in [5, 5.41) is 0. The fraction of sp³-hybridized carbons (Fsp3) is 0.545. The van der Waals surface area contributed by atoms with Crippen molar-refractivity contribution in [1.82, 2.24) is 9.97 Å². The Morgan fingerprint density at radius 2 is 2.12 bits per heavy atom. The van der Waals surface area contributed by atoms with Gasteiger partial charge in [0.05, 0.1) is 12.1 Å². The van der Waals surface area contributed by atoms with E-state index in [1.54, 1.807) is 6.92 Å². The normalized spacial score (nSPS) is 13.2. The molecule has 6 nitrogen and oxygen atoms in total. The van der Waals surface area contributed by atoms with Gasteiger partial charge in [-0.25, -0.2) is 4.98 Å². The van der Waals surface area contributed by atoms with Gasteiger partial charge in [-0.1, -0.05) is 27.7 Å². The van der Waals surface area contributed by atoms with E-state index in [0.717, 1.165) is 6.20 Å². The van der Waals surface area contributed by atoms with E-state index in [9.17, 15) is 9.59 Å². The fourth-order valence-corrected chi connectivity index (χ4v) is 0.977. The van der Waals surface area contributed by atoms with Gasteiger partial charge in [0.1, 0.15) is 5.69 Å². The van der Waals surface area contributed by atoms with Gasteiger partial charge in [0.15, 0.2) is 0 Å². The van der Waals surface area contributed by atoms with E-state index in [0.29, 0.717) is 0 Å². The minimum atomic E-state index is -0.522. The maximum Gasteiger partial charge on any atom is 0.316 e. The van der Waals surface area contributed by atoms with Crippen LogP contribution < -0.4 is 16.0 Å². The molecule has 1 atom stereocenters. The highest BCUT2D eigenvalue weighted by atomic mass is 16.5. The van der Waals surface area contributed by atoms with Crippen LogP contribution in [0.1, 0.15) is 27.7 Å². The number of nitrogens with two attached hydrogens (primary N) is 1. The summed E-state index contributed by atoms with van der Waals surface area (Å²) in [6.45, 7) is 7.55. The second-order valence-electron chi connectivity index (χ2n) is 4.98. The highest BCUT2D eigenvalue weighted by molar-refractivity contribution is 5.74. The van der Waals surface area contributed by atoms with Crippen LogP contribution in [0, 0.1) is 11.3 Å². The number of carbonyl (C=O) groups excluding carboxylic acids is 1. The van der Waals surface area contributed by atoms with E-state index in [1.807, 2.05) is 20.8 Å². The molecule has 0 saturated heterocycles. The van der Waals surface area contributed by atoms with Crippen molar-refractivity contribution in [1.29, 1.82) is 0 Å². The van der Waals surface area contributed by atoms with Gasteiger partial charge in [0, 0.05) is 0 Å². The van der Waals surface area contributed by atoms with Gasteiger partial charge in [0.2, 0.25) is 0 Å². The number of nitrogens with zero attached hydrogens (tertiary/aromatic N) is 1. The molecule has 1 rings (SSSR count). The molecular weight excluding hydrogens is 222 g/mol. The number of ether oxygens (including phenoxy) is 1. The predicted molar refractivity (Wildman–Crippen MR) is 63.5 cm³/mol. The molecule has 0 aromatic carbocycles. The summed E-state index contributed by atoms with van der Waals surface area (Å²) in [4.78, 5) is 28.9. The Bertz CT molecular complexity index is 474. The van der Waals surface area contributed by atoms with Crippen molar-refractivity contribution < 1.29 is 9.53 Å². The number of nitrogen functional groups attached to an aromatic ring is 1. The molecule has 3 N–H and O–H groups in total. The van der Waals surface area contributed by atoms with Gasteiger partial charge in [-0.15, -0.1) is 0 Å². The zero-order chi connectivity index (χ0) is 13.2. The maximum absolute atomic E-state index is 11.7. The van der Waals surface area contributed by atoms with E-state index in [4.69, 9.17) is 10.5 Å². The fourth-order valence-electron chi connectivity index (χ4n) is 0.977. The van der Waals surface area contributed by atoms with Crippen molar-refractivity contribution in [2.45, 2.75) is 27.7 Å². The van der Waals surface area contributed by atoms with Gasteiger partial charge in [-0.3, -0.25) is 14.6 Å². The number of hydrogen-bond donors (Lipinski definition) is 2. The second-order valence-corrected chi connectivity index (χ2v) is 4.98. The Morgan fingerprint density at radius 1 is 1.53 bits per heavy atom. The SMILES string of the molecule is CC(C(=O)Oc1ncc(N)c(=O)[nH]1)C(C)(C)C. The van der Waals surface area contributed by atoms with Crippen molar-refractivity contribution in [3.63, 3.8) is 0 Å². The maximum atomic E-state index is 11.7. The molecule has 17 heavy (non-hydrogen) atoms. The van der Waals surface area contributed by atoms with Crippen LogP contribution in [0.25, 0.3) is 0 Å². The first kappa shape index (κ1) is 13.2. The average Bonchev–Trinajstić information content (AvgIpc) is 2.21. The molecule has 1 unspecified atom stereocenters. The molecule has 0 aliphatic carbocycles. The van der Waals surface area contributed by atoms with E-state index in [1.165, 1.54) is 0 Å². The van der Waals surface area contributed by atoms with Crippen molar-refractivity contribution >= 4 is 11.7 Å². The number of hydrogen-bond acceptors (Lipinski definition) is 5. The van der Waals surface area contributed by atoms with Crippen molar-refractivity contribution in [3.05, 3.63) is 16.6 Å². The highest BCUT2D eigenvalue weighted by Gasteiger charge is 2.28. The first-order valence-corrected chi connectivity index (χ1v) is 5.28. The van der Waals surface area contributed by atoms with Crippen LogP contribution in [0.5, 0.6) is 6.01 Å². The number of aromatic amines is 1. The number of aromatic nitrogens is 2. The number of anilines is 1. The van der Waals surface area contributed by atoms with Crippen LogP contribution in [0.3, 0.4) is 0 Å². The van der Waals surface area contributed by atoms with E-state index in [-0.39, 0.29) is 23.0 Å². The number of rotatable bonds is 2. The lowest BCUT2D eigenvalue weighted by molar-refractivity contribution is -0.142. The zero-order valence-corrected chi connectivity index (χ0v) is 10.4. The lowest BCUT2D eigenvalue weighted by Crippen LogP contribution is -2.30. The van der Waals surface area contributed by atoms with E-state index >= 15 is 0 Å². The molecule has 0 aliphatic rings. The van der Waals surface area contributed by atoms with Crippen molar-refractivity contribution in [2.24, 2.45) is 11.3 Å². The smallest absolute Gasteiger partial charge is 0.316 e. The first-order chi connectivity index (χ1) is 7.71.